The fourth-order valence-corrected chi connectivity index (χ4v) is 3.05. The Balaban J connectivity index is 2.16. The van der Waals surface area contributed by atoms with Gasteiger partial charge < -0.3 is 55.9 Å². The van der Waals surface area contributed by atoms with Gasteiger partial charge in [0.2, 0.25) is 5.91 Å². The molecule has 0 aromatic rings. The van der Waals surface area contributed by atoms with Gasteiger partial charge in [0.15, 0.2) is 12.6 Å². The van der Waals surface area contributed by atoms with Crippen molar-refractivity contribution in [1.29, 1.82) is 0 Å². The fraction of sp³-hybridized carbons (Fsp3) is 0.929. The van der Waals surface area contributed by atoms with Gasteiger partial charge in [-0.3, -0.25) is 4.79 Å². The van der Waals surface area contributed by atoms with Crippen molar-refractivity contribution in [3.63, 3.8) is 0 Å². The van der Waals surface area contributed by atoms with E-state index in [-0.39, 0.29) is 0 Å². The number of aliphatic hydroxyl groups is 6. The van der Waals surface area contributed by atoms with E-state index in [2.05, 4.69) is 5.32 Å². The Hall–Kier alpha value is -0.930. The predicted octanol–water partition coefficient (Wildman–Crippen LogP) is -5.29. The number of amides is 1. The van der Waals surface area contributed by atoms with Crippen LogP contribution in [0.3, 0.4) is 0 Å². The van der Waals surface area contributed by atoms with Crippen molar-refractivity contribution in [2.75, 3.05) is 13.2 Å². The van der Waals surface area contributed by atoms with Crippen LogP contribution >= 0.6 is 0 Å². The van der Waals surface area contributed by atoms with Gasteiger partial charge in [0.05, 0.1) is 25.3 Å². The molecule has 26 heavy (non-hydrogen) atoms. The molecule has 0 aliphatic carbocycles. The van der Waals surface area contributed by atoms with Gasteiger partial charge in [0, 0.05) is 6.92 Å². The molecule has 0 aromatic carbocycles. The number of nitrogens with one attached hydrogen (secondary N) is 1. The summed E-state index contributed by atoms with van der Waals surface area (Å²) in [7, 11) is 0. The van der Waals surface area contributed by atoms with E-state index >= 15 is 0 Å². The number of carbonyl (C=O) groups is 1. The second-order valence-electron chi connectivity index (χ2n) is 6.35. The van der Waals surface area contributed by atoms with Gasteiger partial charge in [0.25, 0.3) is 0 Å². The topological polar surface area (TPSA) is 204 Å². The number of hydrogen-bond acceptors (Lipinski definition) is 11. The molecule has 0 aromatic heterocycles. The Morgan fingerprint density at radius 3 is 2.19 bits per heavy atom. The van der Waals surface area contributed by atoms with Crippen LogP contribution in [0.15, 0.2) is 0 Å². The number of hydrogen-bond donors (Lipinski definition) is 8. The Kier molecular flexibility index (Phi) is 7.27. The van der Waals surface area contributed by atoms with Crippen LogP contribution in [0, 0.1) is 0 Å². The SMILES string of the molecule is CC(=O)N[C@@H]1[C@@H](N)[C@H](O[C@@H]2O[C@H](CO)[C@@H](O)[C@H](O)[C@H]2O)[C@@H](CO)O[C@H]1O. The number of carbonyl (C=O) groups excluding carboxylic acids is 1. The summed E-state index contributed by atoms with van der Waals surface area (Å²) < 4.78 is 16.0. The molecule has 152 valence electrons. The average molecular weight is 382 g/mol. The Bertz CT molecular complexity index is 481. The van der Waals surface area contributed by atoms with E-state index in [4.69, 9.17) is 19.9 Å². The maximum Gasteiger partial charge on any atom is 0.217 e. The standard InChI is InChI=1S/C14H26N2O10/c1-4(19)16-8-7(15)12(6(3-18)24-13(8)23)26-14-11(22)10(21)9(20)5(2-17)25-14/h5-14,17-18,20-23H,2-3,15H2,1H3,(H,16,19)/t5-,6-,7-,8-,9-,10+,11-,12-,13-,14+/m1/s1. The van der Waals surface area contributed by atoms with Crippen molar-refractivity contribution in [3.8, 4) is 0 Å². The van der Waals surface area contributed by atoms with E-state index in [0.29, 0.717) is 0 Å². The molecular weight excluding hydrogens is 356 g/mol. The van der Waals surface area contributed by atoms with Gasteiger partial charge in [-0.25, -0.2) is 0 Å². The van der Waals surface area contributed by atoms with Gasteiger partial charge in [0.1, 0.15) is 36.6 Å². The highest BCUT2D eigenvalue weighted by Crippen LogP contribution is 2.27. The summed E-state index contributed by atoms with van der Waals surface area (Å²) in [5, 5.41) is 60.7. The molecular formula is C14H26N2O10. The van der Waals surface area contributed by atoms with Gasteiger partial charge >= 0.3 is 0 Å². The molecule has 12 nitrogen and oxygen atoms in total. The lowest BCUT2D eigenvalue weighted by Crippen LogP contribution is -2.69. The monoisotopic (exact) mass is 382 g/mol. The molecule has 0 spiro atoms. The highest BCUT2D eigenvalue weighted by atomic mass is 16.7. The molecule has 2 aliphatic rings. The molecule has 10 atom stereocenters. The lowest BCUT2D eigenvalue weighted by Gasteiger charge is -2.46. The molecule has 2 heterocycles. The summed E-state index contributed by atoms with van der Waals surface area (Å²) in [4.78, 5) is 11.3. The zero-order chi connectivity index (χ0) is 19.6. The maximum atomic E-state index is 11.3. The third kappa shape index (κ3) is 4.31. The van der Waals surface area contributed by atoms with E-state index in [9.17, 15) is 35.4 Å². The van der Waals surface area contributed by atoms with E-state index < -0.39 is 80.4 Å². The average Bonchev–Trinajstić information content (AvgIpc) is 2.60. The highest BCUT2D eigenvalue weighted by molar-refractivity contribution is 5.73. The van der Waals surface area contributed by atoms with E-state index in [0.717, 1.165) is 0 Å². The largest absolute Gasteiger partial charge is 0.394 e. The lowest BCUT2D eigenvalue weighted by molar-refractivity contribution is -0.334. The molecule has 0 saturated carbocycles. The van der Waals surface area contributed by atoms with Crippen molar-refractivity contribution in [3.05, 3.63) is 0 Å². The minimum Gasteiger partial charge on any atom is -0.394 e. The van der Waals surface area contributed by atoms with Crippen molar-refractivity contribution < 1.29 is 49.6 Å². The predicted molar refractivity (Wildman–Crippen MR) is 82.2 cm³/mol. The van der Waals surface area contributed by atoms with Crippen molar-refractivity contribution >= 4 is 5.91 Å². The van der Waals surface area contributed by atoms with Crippen molar-refractivity contribution in [1.82, 2.24) is 5.32 Å². The van der Waals surface area contributed by atoms with E-state index in [1.165, 1.54) is 6.92 Å². The summed E-state index contributed by atoms with van der Waals surface area (Å²) in [6, 6.07) is -2.13. The lowest BCUT2D eigenvalue weighted by atomic mass is 9.94. The van der Waals surface area contributed by atoms with Crippen LogP contribution in [-0.4, -0.2) is 111 Å². The molecule has 2 saturated heterocycles. The molecule has 1 amide bonds. The summed E-state index contributed by atoms with van der Waals surface area (Å²) in [6.07, 6.45) is -11.4. The van der Waals surface area contributed by atoms with E-state index in [1.807, 2.05) is 0 Å². The third-order valence-corrected chi connectivity index (χ3v) is 4.47. The van der Waals surface area contributed by atoms with Crippen LogP contribution in [0.4, 0.5) is 0 Å². The van der Waals surface area contributed by atoms with Crippen LogP contribution in [0.2, 0.25) is 0 Å². The summed E-state index contributed by atoms with van der Waals surface area (Å²) in [6.45, 7) is -0.0284. The molecule has 12 heteroatoms. The molecule has 0 unspecified atom stereocenters. The number of aliphatic hydroxyl groups excluding tert-OH is 6. The van der Waals surface area contributed by atoms with Gasteiger partial charge in [-0.2, -0.15) is 0 Å². The minimum absolute atomic E-state index is 0.484. The van der Waals surface area contributed by atoms with Crippen LogP contribution < -0.4 is 11.1 Å². The molecule has 0 bridgehead atoms. The smallest absolute Gasteiger partial charge is 0.217 e. The van der Waals surface area contributed by atoms with Crippen molar-refractivity contribution in [2.45, 2.75) is 68.2 Å². The fourth-order valence-electron chi connectivity index (χ4n) is 3.05. The number of nitrogens with two attached hydrogens (primary N) is 1. The van der Waals surface area contributed by atoms with Crippen LogP contribution in [-0.2, 0) is 19.0 Å². The summed E-state index contributed by atoms with van der Waals surface area (Å²) in [5.41, 5.74) is 6.03. The highest BCUT2D eigenvalue weighted by Gasteiger charge is 2.50. The van der Waals surface area contributed by atoms with Crippen LogP contribution in [0.1, 0.15) is 6.92 Å². The van der Waals surface area contributed by atoms with Gasteiger partial charge in [-0.1, -0.05) is 0 Å². The molecule has 2 rings (SSSR count). The van der Waals surface area contributed by atoms with Crippen molar-refractivity contribution in [2.24, 2.45) is 5.73 Å². The second kappa shape index (κ2) is 8.84. The first-order valence-corrected chi connectivity index (χ1v) is 8.14. The summed E-state index contributed by atoms with van der Waals surface area (Å²) in [5.74, 6) is -0.484. The van der Waals surface area contributed by atoms with Crippen LogP contribution in [0.5, 0.6) is 0 Å². The molecule has 2 aliphatic heterocycles. The zero-order valence-electron chi connectivity index (χ0n) is 14.1. The third-order valence-electron chi connectivity index (χ3n) is 4.47. The minimum atomic E-state index is -1.68. The van der Waals surface area contributed by atoms with Gasteiger partial charge in [-0.15, -0.1) is 0 Å². The molecule has 0 radical (unpaired) electrons. The first kappa shape index (κ1) is 21.4. The Labute approximate surface area is 149 Å². The molecule has 2 fully saturated rings. The van der Waals surface area contributed by atoms with E-state index in [1.54, 1.807) is 0 Å². The normalized spacial score (nSPS) is 46.8. The first-order valence-electron chi connectivity index (χ1n) is 8.14. The van der Waals surface area contributed by atoms with Crippen LogP contribution in [0.25, 0.3) is 0 Å². The zero-order valence-corrected chi connectivity index (χ0v) is 14.1. The number of rotatable bonds is 5. The Morgan fingerprint density at radius 2 is 1.65 bits per heavy atom. The van der Waals surface area contributed by atoms with Gasteiger partial charge in [-0.05, 0) is 0 Å². The quantitative estimate of drug-likeness (QED) is 0.225. The Morgan fingerprint density at radius 1 is 1.04 bits per heavy atom. The molecule has 9 N–H and O–H groups in total. The first-order chi connectivity index (χ1) is 12.2. The second-order valence-corrected chi connectivity index (χ2v) is 6.35. The number of ether oxygens (including phenoxy) is 3. The maximum absolute atomic E-state index is 11.3. The summed E-state index contributed by atoms with van der Waals surface area (Å²) >= 11 is 0.